The Morgan fingerprint density at radius 1 is 1.33 bits per heavy atom. The maximum absolute atomic E-state index is 13.0. The van der Waals surface area contributed by atoms with E-state index in [1.54, 1.807) is 0 Å². The van der Waals surface area contributed by atoms with Crippen LogP contribution < -0.4 is 5.32 Å². The second-order valence-electron chi connectivity index (χ2n) is 4.77. The fourth-order valence-electron chi connectivity index (χ4n) is 1.82. The maximum atomic E-state index is 13.0. The number of thioether (sulfide) groups is 1. The lowest BCUT2D eigenvalue weighted by Crippen LogP contribution is -2.14. The van der Waals surface area contributed by atoms with E-state index in [2.05, 4.69) is 20.5 Å². The molecule has 2 N–H and O–H groups in total. The predicted molar refractivity (Wildman–Crippen MR) is 74.1 cm³/mol. The Bertz CT molecular complexity index is 652. The van der Waals surface area contributed by atoms with E-state index in [0.717, 1.165) is 36.9 Å². The number of carbonyl (C=O) groups is 1. The number of aromatic amines is 1. The molecule has 21 heavy (non-hydrogen) atoms. The number of nitrogens with zero attached hydrogens (tertiary/aromatic N) is 2. The van der Waals surface area contributed by atoms with Gasteiger partial charge in [-0.3, -0.25) is 9.89 Å². The van der Waals surface area contributed by atoms with E-state index >= 15 is 0 Å². The molecule has 2 aromatic rings. The van der Waals surface area contributed by atoms with E-state index in [9.17, 15) is 13.6 Å². The lowest BCUT2D eigenvalue weighted by atomic mass is 10.3. The van der Waals surface area contributed by atoms with Crippen LogP contribution in [-0.2, 0) is 4.79 Å². The molecular formula is C13H12F2N4OS. The molecule has 1 heterocycles. The van der Waals surface area contributed by atoms with Gasteiger partial charge < -0.3 is 5.32 Å². The summed E-state index contributed by atoms with van der Waals surface area (Å²) in [7, 11) is 0. The van der Waals surface area contributed by atoms with Gasteiger partial charge in [-0.05, 0) is 25.0 Å². The highest BCUT2D eigenvalue weighted by Crippen LogP contribution is 2.38. The minimum atomic E-state index is -0.735. The molecule has 3 rings (SSSR count). The highest BCUT2D eigenvalue weighted by Gasteiger charge is 2.27. The molecule has 1 amide bonds. The van der Waals surface area contributed by atoms with Crippen molar-refractivity contribution in [1.82, 2.24) is 15.2 Å². The number of H-pyrrole nitrogens is 1. The average Bonchev–Trinajstić information content (AvgIpc) is 3.14. The van der Waals surface area contributed by atoms with Crippen LogP contribution in [0.25, 0.3) is 0 Å². The summed E-state index contributed by atoms with van der Waals surface area (Å²) in [6, 6.07) is 2.87. The first kappa shape index (κ1) is 14.0. The topological polar surface area (TPSA) is 70.7 Å². The zero-order valence-electron chi connectivity index (χ0n) is 10.9. The van der Waals surface area contributed by atoms with Gasteiger partial charge in [0, 0.05) is 17.7 Å². The number of hydrogen-bond donors (Lipinski definition) is 2. The molecule has 0 bridgehead atoms. The third-order valence-electron chi connectivity index (χ3n) is 2.92. The molecule has 0 saturated heterocycles. The fraction of sp³-hybridized carbons (Fsp3) is 0.308. The minimum Gasteiger partial charge on any atom is -0.325 e. The number of nitrogens with one attached hydrogen (secondary N) is 2. The molecule has 1 aliphatic carbocycles. The largest absolute Gasteiger partial charge is 0.325 e. The van der Waals surface area contributed by atoms with Crippen molar-refractivity contribution >= 4 is 23.4 Å². The molecule has 110 valence electrons. The molecule has 1 aliphatic rings. The van der Waals surface area contributed by atoms with Gasteiger partial charge in [0.25, 0.3) is 0 Å². The van der Waals surface area contributed by atoms with Gasteiger partial charge in [0.05, 0.1) is 5.75 Å². The summed E-state index contributed by atoms with van der Waals surface area (Å²) in [5.74, 6) is -0.453. The molecule has 0 unspecified atom stereocenters. The summed E-state index contributed by atoms with van der Waals surface area (Å²) in [6.07, 6.45) is 2.23. The number of anilines is 1. The summed E-state index contributed by atoms with van der Waals surface area (Å²) in [4.78, 5) is 16.0. The molecule has 5 nitrogen and oxygen atoms in total. The van der Waals surface area contributed by atoms with Crippen LogP contribution in [0.1, 0.15) is 24.6 Å². The van der Waals surface area contributed by atoms with Crippen LogP contribution in [0.4, 0.5) is 14.5 Å². The quantitative estimate of drug-likeness (QED) is 0.833. The molecule has 0 atom stereocenters. The third-order valence-corrected chi connectivity index (χ3v) is 3.77. The van der Waals surface area contributed by atoms with Crippen LogP contribution in [0.2, 0.25) is 0 Å². The van der Waals surface area contributed by atoms with Gasteiger partial charge in [-0.2, -0.15) is 0 Å². The Morgan fingerprint density at radius 2 is 2.05 bits per heavy atom. The lowest BCUT2D eigenvalue weighted by Gasteiger charge is -2.04. The lowest BCUT2D eigenvalue weighted by molar-refractivity contribution is -0.113. The van der Waals surface area contributed by atoms with Crippen LogP contribution >= 0.6 is 11.8 Å². The summed E-state index contributed by atoms with van der Waals surface area (Å²) in [5, 5.41) is 9.78. The van der Waals surface area contributed by atoms with E-state index in [-0.39, 0.29) is 17.3 Å². The maximum Gasteiger partial charge on any atom is 0.234 e. The number of hydrogen-bond acceptors (Lipinski definition) is 4. The molecule has 1 fully saturated rings. The van der Waals surface area contributed by atoms with Gasteiger partial charge in [-0.25, -0.2) is 13.8 Å². The zero-order chi connectivity index (χ0) is 14.8. The second kappa shape index (κ2) is 5.80. The van der Waals surface area contributed by atoms with Crippen LogP contribution in [0.5, 0.6) is 0 Å². The zero-order valence-corrected chi connectivity index (χ0v) is 11.7. The predicted octanol–water partition coefficient (Wildman–Crippen LogP) is 2.69. The summed E-state index contributed by atoms with van der Waals surface area (Å²) < 4.78 is 26.0. The van der Waals surface area contributed by atoms with Crippen LogP contribution in [0, 0.1) is 11.6 Å². The van der Waals surface area contributed by atoms with Crippen molar-refractivity contribution in [3.8, 4) is 0 Å². The minimum absolute atomic E-state index is 0.0695. The SMILES string of the molecule is O=C(CSc1n[nH]c(C2CC2)n1)Nc1cc(F)cc(F)c1. The molecule has 1 aromatic heterocycles. The van der Waals surface area contributed by atoms with Crippen LogP contribution in [-0.4, -0.2) is 26.8 Å². The highest BCUT2D eigenvalue weighted by atomic mass is 32.2. The molecule has 1 aromatic carbocycles. The first-order valence-corrected chi connectivity index (χ1v) is 7.40. The number of amides is 1. The molecular weight excluding hydrogens is 298 g/mol. The van der Waals surface area contributed by atoms with Gasteiger partial charge in [-0.15, -0.1) is 5.10 Å². The van der Waals surface area contributed by atoms with E-state index in [4.69, 9.17) is 0 Å². The smallest absolute Gasteiger partial charge is 0.234 e. The standard InChI is InChI=1S/C13H12F2N4OS/c14-8-3-9(15)5-10(4-8)16-11(20)6-21-13-17-12(18-19-13)7-1-2-7/h3-5,7H,1-2,6H2,(H,16,20)(H,17,18,19). The summed E-state index contributed by atoms with van der Waals surface area (Å²) in [5.41, 5.74) is 0.0896. The summed E-state index contributed by atoms with van der Waals surface area (Å²) in [6.45, 7) is 0. The van der Waals surface area contributed by atoms with Crippen molar-refractivity contribution < 1.29 is 13.6 Å². The fourth-order valence-corrected chi connectivity index (χ4v) is 2.42. The number of carbonyl (C=O) groups excluding carboxylic acids is 1. The molecule has 1 saturated carbocycles. The van der Waals surface area contributed by atoms with E-state index < -0.39 is 11.6 Å². The highest BCUT2D eigenvalue weighted by molar-refractivity contribution is 7.99. The Morgan fingerprint density at radius 3 is 2.71 bits per heavy atom. The Labute approximate surface area is 123 Å². The van der Waals surface area contributed by atoms with Crippen molar-refractivity contribution in [1.29, 1.82) is 0 Å². The molecule has 0 radical (unpaired) electrons. The van der Waals surface area contributed by atoms with Crippen LogP contribution in [0.3, 0.4) is 0 Å². The van der Waals surface area contributed by atoms with E-state index in [1.807, 2.05) is 0 Å². The Hall–Kier alpha value is -1.96. The number of halogens is 2. The van der Waals surface area contributed by atoms with E-state index in [1.165, 1.54) is 11.8 Å². The van der Waals surface area contributed by atoms with Gasteiger partial charge >= 0.3 is 0 Å². The van der Waals surface area contributed by atoms with Crippen molar-refractivity contribution in [3.63, 3.8) is 0 Å². The number of rotatable bonds is 5. The second-order valence-corrected chi connectivity index (χ2v) is 5.71. The third kappa shape index (κ3) is 3.78. The van der Waals surface area contributed by atoms with Crippen molar-refractivity contribution in [2.45, 2.75) is 23.9 Å². The van der Waals surface area contributed by atoms with Crippen molar-refractivity contribution in [2.24, 2.45) is 0 Å². The van der Waals surface area contributed by atoms with Crippen molar-refractivity contribution in [3.05, 3.63) is 35.7 Å². The molecule has 0 spiro atoms. The number of aromatic nitrogens is 3. The van der Waals surface area contributed by atoms with Gasteiger partial charge in [0.15, 0.2) is 0 Å². The summed E-state index contributed by atoms with van der Waals surface area (Å²) >= 11 is 1.17. The van der Waals surface area contributed by atoms with E-state index in [0.29, 0.717) is 11.1 Å². The Balaban J connectivity index is 1.53. The van der Waals surface area contributed by atoms with Crippen LogP contribution in [0.15, 0.2) is 23.4 Å². The van der Waals surface area contributed by atoms with Gasteiger partial charge in [0.1, 0.15) is 17.5 Å². The van der Waals surface area contributed by atoms with Crippen molar-refractivity contribution in [2.75, 3.05) is 11.1 Å². The molecule has 0 aliphatic heterocycles. The molecule has 8 heteroatoms. The van der Waals surface area contributed by atoms with Gasteiger partial charge in [0.2, 0.25) is 11.1 Å². The normalized spacial score (nSPS) is 14.2. The first-order chi connectivity index (χ1) is 10.1. The number of benzene rings is 1. The van der Waals surface area contributed by atoms with Gasteiger partial charge in [-0.1, -0.05) is 11.8 Å². The average molecular weight is 310 g/mol. The Kier molecular flexibility index (Phi) is 3.87. The first-order valence-electron chi connectivity index (χ1n) is 6.41. The monoisotopic (exact) mass is 310 g/mol.